The molecule has 7 nitrogen and oxygen atoms in total. The summed E-state index contributed by atoms with van der Waals surface area (Å²) in [6.07, 6.45) is 1.09. The van der Waals surface area contributed by atoms with E-state index in [0.29, 0.717) is 49.3 Å². The first-order valence-corrected chi connectivity index (χ1v) is 12.5. The number of rotatable bonds is 7. The topological polar surface area (TPSA) is 83.8 Å². The van der Waals surface area contributed by atoms with Crippen LogP contribution in [0.4, 0.5) is 15.8 Å². The van der Waals surface area contributed by atoms with Gasteiger partial charge in [0.15, 0.2) is 0 Å². The molecule has 1 heterocycles. The van der Waals surface area contributed by atoms with Crippen LogP contribution in [0.2, 0.25) is 0 Å². The van der Waals surface area contributed by atoms with E-state index in [1.54, 1.807) is 49.4 Å². The van der Waals surface area contributed by atoms with Crippen LogP contribution in [-0.4, -0.2) is 37.4 Å². The van der Waals surface area contributed by atoms with E-state index in [1.165, 1.54) is 34.6 Å². The van der Waals surface area contributed by atoms with Gasteiger partial charge in [-0.1, -0.05) is 36.4 Å². The van der Waals surface area contributed by atoms with Crippen molar-refractivity contribution in [1.29, 1.82) is 0 Å². The molecule has 0 spiro atoms. The molecule has 1 aliphatic heterocycles. The number of para-hydroxylation sites is 1. The fourth-order valence-corrected chi connectivity index (χ4v) is 6.40. The Kier molecular flexibility index (Phi) is 6.95. The molecule has 3 aromatic carbocycles. The van der Waals surface area contributed by atoms with E-state index in [2.05, 4.69) is 4.90 Å². The van der Waals surface area contributed by atoms with Crippen molar-refractivity contribution in [3.63, 3.8) is 0 Å². The molecule has 0 atom stereocenters. The maximum atomic E-state index is 13.8. The second kappa shape index (κ2) is 9.90. The highest BCUT2D eigenvalue weighted by Crippen LogP contribution is 2.32. The molecule has 1 aliphatic rings. The lowest BCUT2D eigenvalue weighted by atomic mass is 10.0. The quantitative estimate of drug-likeness (QED) is 0.353. The summed E-state index contributed by atoms with van der Waals surface area (Å²) in [5, 5.41) is 11.3. The summed E-state index contributed by atoms with van der Waals surface area (Å²) < 4.78 is 42.6. The van der Waals surface area contributed by atoms with Crippen LogP contribution in [0.25, 0.3) is 0 Å². The van der Waals surface area contributed by atoms with Crippen molar-refractivity contribution < 1.29 is 17.7 Å². The van der Waals surface area contributed by atoms with Crippen molar-refractivity contribution in [2.24, 2.45) is 0 Å². The first-order valence-electron chi connectivity index (χ1n) is 11.1. The molecular weight excluding hydrogens is 457 g/mol. The van der Waals surface area contributed by atoms with Gasteiger partial charge in [-0.15, -0.1) is 0 Å². The molecule has 178 valence electrons. The number of halogens is 1. The van der Waals surface area contributed by atoms with Crippen LogP contribution in [0.1, 0.15) is 24.0 Å². The number of hydrogen-bond donors (Lipinski definition) is 0. The molecule has 1 saturated heterocycles. The molecule has 0 unspecified atom stereocenters. The zero-order valence-electron chi connectivity index (χ0n) is 18.8. The molecule has 0 aliphatic carbocycles. The fourth-order valence-electron chi connectivity index (χ4n) is 4.46. The number of aryl methyl sites for hydroxylation is 1. The monoisotopic (exact) mass is 483 g/mol. The fraction of sp³-hybridized carbons (Fsp3) is 0.280. The third-order valence-corrected chi connectivity index (χ3v) is 8.22. The lowest BCUT2D eigenvalue weighted by Crippen LogP contribution is -2.47. The third-order valence-electron chi connectivity index (χ3n) is 6.18. The third kappa shape index (κ3) is 4.95. The number of sulfonamides is 1. The molecule has 0 aromatic heterocycles. The average Bonchev–Trinajstić information content (AvgIpc) is 2.82. The lowest BCUT2D eigenvalue weighted by molar-refractivity contribution is -0.385. The van der Waals surface area contributed by atoms with Crippen molar-refractivity contribution in [1.82, 2.24) is 4.90 Å². The Labute approximate surface area is 198 Å². The summed E-state index contributed by atoms with van der Waals surface area (Å²) in [4.78, 5) is 13.3. The van der Waals surface area contributed by atoms with Crippen molar-refractivity contribution in [3.8, 4) is 0 Å². The highest BCUT2D eigenvalue weighted by atomic mass is 32.2. The predicted molar refractivity (Wildman–Crippen MR) is 129 cm³/mol. The summed E-state index contributed by atoms with van der Waals surface area (Å²) in [6.45, 7) is 3.34. The highest BCUT2D eigenvalue weighted by Gasteiger charge is 2.35. The molecule has 0 amide bonds. The molecule has 9 heteroatoms. The van der Waals surface area contributed by atoms with Gasteiger partial charge >= 0.3 is 0 Å². The maximum absolute atomic E-state index is 13.8. The van der Waals surface area contributed by atoms with Gasteiger partial charge in [0.05, 0.1) is 15.5 Å². The molecule has 0 N–H and O–H groups in total. The van der Waals surface area contributed by atoms with Gasteiger partial charge in [0.25, 0.3) is 15.7 Å². The summed E-state index contributed by atoms with van der Waals surface area (Å²) in [5.41, 5.74) is 1.78. The summed E-state index contributed by atoms with van der Waals surface area (Å²) in [5.74, 6) is -0.434. The minimum atomic E-state index is -3.89. The minimum Gasteiger partial charge on any atom is -0.299 e. The lowest BCUT2D eigenvalue weighted by Gasteiger charge is -2.39. The Morgan fingerprint density at radius 1 is 1.00 bits per heavy atom. The van der Waals surface area contributed by atoms with E-state index in [0.717, 1.165) is 0 Å². The number of likely N-dealkylation sites (tertiary alicyclic amines) is 1. The SMILES string of the molecule is Cc1ccccc1S(=O)(=O)N(c1ccc(F)cc1)C1CCN(Cc2ccccc2[N+](=O)[O-])CC1. The Hall–Kier alpha value is -3.30. The van der Waals surface area contributed by atoms with Gasteiger partial charge in [-0.05, 0) is 55.7 Å². The molecule has 4 rings (SSSR count). The normalized spacial score (nSPS) is 15.2. The molecule has 3 aromatic rings. The molecular formula is C25H26FN3O4S. The number of benzene rings is 3. The minimum absolute atomic E-state index is 0.0830. The molecule has 0 radical (unpaired) electrons. The van der Waals surface area contributed by atoms with E-state index in [9.17, 15) is 22.9 Å². The van der Waals surface area contributed by atoms with E-state index < -0.39 is 15.8 Å². The van der Waals surface area contributed by atoms with Crippen LogP contribution >= 0.6 is 0 Å². The van der Waals surface area contributed by atoms with Crippen LogP contribution in [-0.2, 0) is 16.6 Å². The van der Waals surface area contributed by atoms with Gasteiger partial charge in [-0.2, -0.15) is 0 Å². The largest absolute Gasteiger partial charge is 0.299 e. The van der Waals surface area contributed by atoms with Gasteiger partial charge in [-0.3, -0.25) is 19.3 Å². The smallest absolute Gasteiger partial charge is 0.273 e. The van der Waals surface area contributed by atoms with Gasteiger partial charge < -0.3 is 0 Å². The zero-order valence-corrected chi connectivity index (χ0v) is 19.6. The Morgan fingerprint density at radius 2 is 1.62 bits per heavy atom. The summed E-state index contributed by atoms with van der Waals surface area (Å²) >= 11 is 0. The number of anilines is 1. The number of hydrogen-bond acceptors (Lipinski definition) is 5. The van der Waals surface area contributed by atoms with Crippen LogP contribution < -0.4 is 4.31 Å². The van der Waals surface area contributed by atoms with E-state index >= 15 is 0 Å². The van der Waals surface area contributed by atoms with Crippen molar-refractivity contribution in [2.75, 3.05) is 17.4 Å². The van der Waals surface area contributed by atoms with Crippen LogP contribution in [0.15, 0.2) is 77.7 Å². The van der Waals surface area contributed by atoms with Crippen molar-refractivity contribution in [2.45, 2.75) is 37.2 Å². The summed E-state index contributed by atoms with van der Waals surface area (Å²) in [6, 6.07) is 18.7. The number of nitrogens with zero attached hydrogens (tertiary/aromatic N) is 3. The average molecular weight is 484 g/mol. The van der Waals surface area contributed by atoms with E-state index in [-0.39, 0.29) is 21.5 Å². The van der Waals surface area contributed by atoms with Crippen molar-refractivity contribution >= 4 is 21.4 Å². The van der Waals surface area contributed by atoms with Crippen LogP contribution in [0.5, 0.6) is 0 Å². The Morgan fingerprint density at radius 3 is 2.26 bits per heavy atom. The second-order valence-corrected chi connectivity index (χ2v) is 10.2. The first-order chi connectivity index (χ1) is 16.3. The molecule has 0 saturated carbocycles. The van der Waals surface area contributed by atoms with Gasteiger partial charge in [0.2, 0.25) is 0 Å². The molecule has 1 fully saturated rings. The number of nitro groups is 1. The summed E-state index contributed by atoms with van der Waals surface area (Å²) in [7, 11) is -3.89. The zero-order chi connectivity index (χ0) is 24.3. The van der Waals surface area contributed by atoms with E-state index in [4.69, 9.17) is 0 Å². The van der Waals surface area contributed by atoms with Gasteiger partial charge in [0, 0.05) is 37.3 Å². The molecule has 0 bridgehead atoms. The Bertz CT molecular complexity index is 1270. The van der Waals surface area contributed by atoms with Crippen LogP contribution in [0, 0.1) is 22.9 Å². The number of piperidine rings is 1. The standard InChI is InChI=1S/C25H26FN3O4S/c1-19-6-2-5-9-25(19)34(32,33)28(22-12-10-21(26)11-13-22)23-14-16-27(17-15-23)18-20-7-3-4-8-24(20)29(30)31/h2-13,23H,14-18H2,1H3. The predicted octanol–water partition coefficient (Wildman–Crippen LogP) is 4.90. The number of nitro benzene ring substituents is 1. The second-order valence-electron chi connectivity index (χ2n) is 8.44. The highest BCUT2D eigenvalue weighted by molar-refractivity contribution is 7.93. The van der Waals surface area contributed by atoms with E-state index in [1.807, 2.05) is 0 Å². The maximum Gasteiger partial charge on any atom is 0.273 e. The molecule has 34 heavy (non-hydrogen) atoms. The van der Waals surface area contributed by atoms with Crippen molar-refractivity contribution in [3.05, 3.63) is 99.9 Å². The van der Waals surface area contributed by atoms with Gasteiger partial charge in [-0.25, -0.2) is 12.8 Å². The first kappa shape index (κ1) is 23.8. The van der Waals surface area contributed by atoms with Gasteiger partial charge in [0.1, 0.15) is 5.82 Å². The van der Waals surface area contributed by atoms with Crippen LogP contribution in [0.3, 0.4) is 0 Å². The Balaban J connectivity index is 1.59.